The Labute approximate surface area is 235 Å². The van der Waals surface area contributed by atoms with Crippen molar-refractivity contribution in [3.05, 3.63) is 81.0 Å². The van der Waals surface area contributed by atoms with Crippen LogP contribution in [0.25, 0.3) is 44.4 Å². The Morgan fingerprint density at radius 3 is 2.54 bits per heavy atom. The normalized spacial score (nSPS) is 16.9. The van der Waals surface area contributed by atoms with E-state index in [1.165, 1.54) is 11.3 Å². The minimum Gasteiger partial charge on any atom is -0.478 e. The average Bonchev–Trinajstić information content (AvgIpc) is 3.01. The van der Waals surface area contributed by atoms with Crippen molar-refractivity contribution in [2.75, 3.05) is 44.3 Å². The highest BCUT2D eigenvalue weighted by atomic mass is 16.5. The van der Waals surface area contributed by atoms with Crippen molar-refractivity contribution in [2.45, 2.75) is 25.7 Å². The van der Waals surface area contributed by atoms with Crippen molar-refractivity contribution < 1.29 is 23.5 Å². The van der Waals surface area contributed by atoms with Gasteiger partial charge in [-0.05, 0) is 55.0 Å². The molecule has 1 aromatic heterocycles. The molecular weight excluding hydrogens is 520 g/mol. The van der Waals surface area contributed by atoms with Crippen LogP contribution in [-0.4, -0.2) is 50.5 Å². The van der Waals surface area contributed by atoms with Gasteiger partial charge in [-0.1, -0.05) is 18.2 Å². The molecule has 0 unspecified atom stereocenters. The van der Waals surface area contributed by atoms with Gasteiger partial charge in [-0.2, -0.15) is 0 Å². The molecule has 4 aliphatic heterocycles. The number of carboxylic acids is 1. The number of morpholine rings is 1. The zero-order valence-electron chi connectivity index (χ0n) is 22.6. The molecule has 0 atom stereocenters. The third kappa shape index (κ3) is 3.74. The highest BCUT2D eigenvalue weighted by molar-refractivity contribution is 6.13. The molecule has 8 heteroatoms. The Morgan fingerprint density at radius 2 is 1.71 bits per heavy atom. The Balaban J connectivity index is 1.55. The molecule has 1 aliphatic carbocycles. The van der Waals surface area contributed by atoms with Crippen LogP contribution < -0.4 is 20.5 Å². The van der Waals surface area contributed by atoms with Crippen molar-refractivity contribution >= 4 is 33.6 Å². The number of aromatic carboxylic acids is 1. The number of carboxylic acid groups (broad SMARTS) is 1. The molecule has 1 N–H and O–H groups in total. The van der Waals surface area contributed by atoms with Crippen LogP contribution in [0.3, 0.4) is 0 Å². The van der Waals surface area contributed by atoms with Crippen LogP contribution >= 0.6 is 0 Å². The highest BCUT2D eigenvalue weighted by Gasteiger charge is 2.31. The molecule has 2 aromatic carbocycles. The number of hydrogen-bond donors (Lipinski definition) is 1. The first-order valence-electron chi connectivity index (χ1n) is 14.3. The lowest BCUT2D eigenvalue weighted by Crippen LogP contribution is -2.39. The van der Waals surface area contributed by atoms with Crippen LogP contribution in [0.2, 0.25) is 0 Å². The van der Waals surface area contributed by atoms with Gasteiger partial charge in [0, 0.05) is 41.5 Å². The van der Waals surface area contributed by atoms with Gasteiger partial charge >= 0.3 is 11.6 Å². The van der Waals surface area contributed by atoms with Crippen LogP contribution in [0.1, 0.15) is 34.3 Å². The molecule has 206 valence electrons. The van der Waals surface area contributed by atoms with E-state index in [2.05, 4.69) is 15.5 Å². The first kappa shape index (κ1) is 24.4. The molecule has 1 saturated heterocycles. The number of fused-ring (bicyclic) bond motifs is 5. The number of hydrogen-bond acceptors (Lipinski definition) is 6. The maximum atomic E-state index is 14.0. The van der Waals surface area contributed by atoms with Gasteiger partial charge in [0.1, 0.15) is 29.9 Å². The molecule has 3 aromatic rings. The van der Waals surface area contributed by atoms with E-state index in [1.54, 1.807) is 24.3 Å². The Kier molecular flexibility index (Phi) is 5.53. The number of benzene rings is 3. The Hall–Kier alpha value is -4.43. The maximum Gasteiger partial charge on any atom is 0.348 e. The number of aryl methyl sites for hydroxylation is 2. The predicted molar refractivity (Wildman–Crippen MR) is 156 cm³/mol. The highest BCUT2D eigenvalue weighted by Crippen LogP contribution is 2.45. The molecule has 8 nitrogen and oxygen atoms in total. The second-order valence-electron chi connectivity index (χ2n) is 11.1. The molecule has 0 spiro atoms. The standard InChI is InChI=1S/C33H28N2O6/c36-32(37)22-7-2-1-6-21(22)27-23-10-9-20(34-13-15-39-16-14-34)18-26(23)40-31-25-17-19-5-3-11-35-12-4-8-24(29(19)35)30(25)41-33(38)28(27)31/h1-2,6-7,9-10,17-18H,3-5,8,11-16H2/p+1. The molecule has 0 saturated carbocycles. The van der Waals surface area contributed by atoms with E-state index in [0.717, 1.165) is 68.2 Å². The van der Waals surface area contributed by atoms with Gasteiger partial charge in [0.25, 0.3) is 0 Å². The SMILES string of the molecule is O=C(O)c1ccccc1-c1c2ccc(=[N+]3CCOCC3)cc-2oc2c1c(=O)oc1c3c4c(cc12)CCCN4CCC3. The van der Waals surface area contributed by atoms with Gasteiger partial charge in [-0.25, -0.2) is 14.2 Å². The Morgan fingerprint density at radius 1 is 0.902 bits per heavy atom. The number of ether oxygens (including phenoxy) is 1. The predicted octanol–water partition coefficient (Wildman–Crippen LogP) is 4.51. The fourth-order valence-corrected chi connectivity index (χ4v) is 7.04. The van der Waals surface area contributed by atoms with E-state index in [-0.39, 0.29) is 10.9 Å². The van der Waals surface area contributed by atoms with Crippen molar-refractivity contribution in [1.29, 1.82) is 0 Å². The molecule has 5 aliphatic rings. The van der Waals surface area contributed by atoms with E-state index in [0.29, 0.717) is 46.8 Å². The summed E-state index contributed by atoms with van der Waals surface area (Å²) in [6, 6.07) is 14.9. The summed E-state index contributed by atoms with van der Waals surface area (Å²) >= 11 is 0. The van der Waals surface area contributed by atoms with Crippen molar-refractivity contribution in [1.82, 2.24) is 4.58 Å². The number of anilines is 1. The summed E-state index contributed by atoms with van der Waals surface area (Å²) in [6.45, 7) is 4.87. The van der Waals surface area contributed by atoms with Gasteiger partial charge in [0.2, 0.25) is 5.36 Å². The van der Waals surface area contributed by atoms with E-state index >= 15 is 0 Å². The summed E-state index contributed by atoms with van der Waals surface area (Å²) in [5, 5.41) is 12.1. The quantitative estimate of drug-likeness (QED) is 0.150. The first-order chi connectivity index (χ1) is 20.1. The maximum absolute atomic E-state index is 14.0. The molecular formula is C33H29N2O6+. The zero-order chi connectivity index (χ0) is 27.7. The van der Waals surface area contributed by atoms with Crippen molar-refractivity contribution in [3.63, 3.8) is 0 Å². The molecule has 1 fully saturated rings. The van der Waals surface area contributed by atoms with E-state index < -0.39 is 11.6 Å². The van der Waals surface area contributed by atoms with Gasteiger partial charge in [-0.15, -0.1) is 0 Å². The Bertz CT molecular complexity index is 1990. The number of rotatable bonds is 2. The second kappa shape index (κ2) is 9.31. The lowest BCUT2D eigenvalue weighted by molar-refractivity contribution is 0.0697. The van der Waals surface area contributed by atoms with Crippen LogP contribution in [-0.2, 0) is 17.6 Å². The topological polar surface area (TPSA) is 96.1 Å². The van der Waals surface area contributed by atoms with E-state index in [4.69, 9.17) is 13.6 Å². The smallest absolute Gasteiger partial charge is 0.348 e. The summed E-state index contributed by atoms with van der Waals surface area (Å²) in [4.78, 5) is 28.7. The zero-order valence-corrected chi connectivity index (χ0v) is 22.6. The van der Waals surface area contributed by atoms with Gasteiger partial charge < -0.3 is 23.6 Å². The van der Waals surface area contributed by atoms with Crippen molar-refractivity contribution in [3.8, 4) is 22.5 Å². The minimum absolute atomic E-state index is 0.120. The van der Waals surface area contributed by atoms with Crippen molar-refractivity contribution in [2.24, 2.45) is 0 Å². The number of carbonyl (C=O) groups is 1. The van der Waals surface area contributed by atoms with Gasteiger partial charge in [0.05, 0.1) is 17.0 Å². The largest absolute Gasteiger partial charge is 0.478 e. The van der Waals surface area contributed by atoms with Gasteiger partial charge in [-0.3, -0.25) is 0 Å². The molecule has 0 radical (unpaired) electrons. The van der Waals surface area contributed by atoms with Crippen LogP contribution in [0.15, 0.2) is 62.2 Å². The fraction of sp³-hybridized carbons (Fsp3) is 0.303. The third-order valence-electron chi connectivity index (χ3n) is 8.84. The van der Waals surface area contributed by atoms with Gasteiger partial charge in [0.15, 0.2) is 18.7 Å². The summed E-state index contributed by atoms with van der Waals surface area (Å²) in [5.74, 6) is -0.465. The second-order valence-corrected chi connectivity index (χ2v) is 11.1. The van der Waals surface area contributed by atoms with E-state index in [9.17, 15) is 14.7 Å². The molecule has 5 heterocycles. The molecule has 41 heavy (non-hydrogen) atoms. The molecule has 8 rings (SSSR count). The summed E-state index contributed by atoms with van der Waals surface area (Å²) < 4.78 is 20.7. The molecule has 0 amide bonds. The lowest BCUT2D eigenvalue weighted by Gasteiger charge is -2.37. The van der Waals surface area contributed by atoms with Crippen LogP contribution in [0.4, 0.5) is 5.69 Å². The van der Waals surface area contributed by atoms with Crippen LogP contribution in [0, 0.1) is 0 Å². The number of nitrogens with zero attached hydrogens (tertiary/aromatic N) is 2. The summed E-state index contributed by atoms with van der Waals surface area (Å²) in [5.41, 5.74) is 5.82. The summed E-state index contributed by atoms with van der Waals surface area (Å²) in [6.07, 6.45) is 3.88. The molecule has 0 bridgehead atoms. The average molecular weight is 550 g/mol. The lowest BCUT2D eigenvalue weighted by atomic mass is 9.88. The van der Waals surface area contributed by atoms with E-state index in [1.807, 2.05) is 18.2 Å². The third-order valence-corrected chi connectivity index (χ3v) is 8.84. The fourth-order valence-electron chi connectivity index (χ4n) is 7.04. The van der Waals surface area contributed by atoms with Crippen LogP contribution in [0.5, 0.6) is 0 Å². The summed E-state index contributed by atoms with van der Waals surface area (Å²) in [7, 11) is 0. The first-order valence-corrected chi connectivity index (χ1v) is 14.3. The minimum atomic E-state index is -1.06. The monoisotopic (exact) mass is 549 g/mol.